The molecular formula is C22H24N2O4. The fourth-order valence-electron chi connectivity index (χ4n) is 3.63. The second kappa shape index (κ2) is 8.04. The molecule has 0 fully saturated rings. The zero-order chi connectivity index (χ0) is 19.5. The molecule has 0 aliphatic carbocycles. The van der Waals surface area contributed by atoms with Crippen LogP contribution in [-0.4, -0.2) is 48.8 Å². The maximum Gasteiger partial charge on any atom is 0.287 e. The van der Waals surface area contributed by atoms with E-state index in [9.17, 15) is 9.90 Å². The van der Waals surface area contributed by atoms with Crippen LogP contribution in [0.3, 0.4) is 0 Å². The zero-order valence-corrected chi connectivity index (χ0v) is 15.9. The van der Waals surface area contributed by atoms with Gasteiger partial charge in [-0.2, -0.15) is 0 Å². The van der Waals surface area contributed by atoms with Crippen LogP contribution in [0.4, 0.5) is 0 Å². The Morgan fingerprint density at radius 2 is 2.07 bits per heavy atom. The van der Waals surface area contributed by atoms with Crippen molar-refractivity contribution in [1.82, 2.24) is 10.2 Å². The van der Waals surface area contributed by atoms with E-state index in [1.807, 2.05) is 12.1 Å². The van der Waals surface area contributed by atoms with Gasteiger partial charge in [0.15, 0.2) is 5.76 Å². The van der Waals surface area contributed by atoms with Crippen LogP contribution in [0.15, 0.2) is 52.9 Å². The van der Waals surface area contributed by atoms with Crippen LogP contribution in [0.1, 0.15) is 21.7 Å². The van der Waals surface area contributed by atoms with Gasteiger partial charge in [0, 0.05) is 31.6 Å². The first-order valence-electron chi connectivity index (χ1n) is 9.45. The number of methoxy groups -OCH3 is 1. The summed E-state index contributed by atoms with van der Waals surface area (Å²) in [7, 11) is 1.59. The molecule has 1 aliphatic heterocycles. The van der Waals surface area contributed by atoms with Crippen molar-refractivity contribution in [1.29, 1.82) is 0 Å². The van der Waals surface area contributed by atoms with Crippen molar-refractivity contribution in [3.8, 4) is 5.75 Å². The van der Waals surface area contributed by atoms with E-state index in [-0.39, 0.29) is 18.2 Å². The monoisotopic (exact) mass is 380 g/mol. The van der Waals surface area contributed by atoms with E-state index in [1.54, 1.807) is 25.3 Å². The molecular weight excluding hydrogens is 356 g/mol. The number of hydrogen-bond donors (Lipinski definition) is 2. The van der Waals surface area contributed by atoms with Gasteiger partial charge in [-0.3, -0.25) is 9.69 Å². The summed E-state index contributed by atoms with van der Waals surface area (Å²) < 4.78 is 10.8. The predicted molar refractivity (Wildman–Crippen MR) is 107 cm³/mol. The summed E-state index contributed by atoms with van der Waals surface area (Å²) in [6, 6.07) is 15.5. The summed E-state index contributed by atoms with van der Waals surface area (Å²) in [5.41, 5.74) is 3.31. The highest BCUT2D eigenvalue weighted by Crippen LogP contribution is 2.24. The fourth-order valence-corrected chi connectivity index (χ4v) is 3.63. The molecule has 0 saturated heterocycles. The van der Waals surface area contributed by atoms with E-state index in [4.69, 9.17) is 9.15 Å². The number of furan rings is 1. The molecule has 28 heavy (non-hydrogen) atoms. The number of carbonyl (C=O) groups excluding carboxylic acids is 1. The van der Waals surface area contributed by atoms with E-state index in [2.05, 4.69) is 28.4 Å². The number of β-amino-alcohol motifs (C(OH)–C–C–N with tert-alkyl or cyclic N) is 1. The molecule has 2 N–H and O–H groups in total. The maximum absolute atomic E-state index is 12.4. The van der Waals surface area contributed by atoms with Gasteiger partial charge in [-0.15, -0.1) is 0 Å². The molecule has 1 amide bonds. The molecule has 0 radical (unpaired) electrons. The second-order valence-corrected chi connectivity index (χ2v) is 7.13. The molecule has 2 aromatic carbocycles. The van der Waals surface area contributed by atoms with Gasteiger partial charge in [0.25, 0.3) is 5.91 Å². The average molecular weight is 380 g/mol. The van der Waals surface area contributed by atoms with Gasteiger partial charge in [0.05, 0.1) is 13.2 Å². The van der Waals surface area contributed by atoms with Crippen LogP contribution >= 0.6 is 0 Å². The summed E-state index contributed by atoms with van der Waals surface area (Å²) in [4.78, 5) is 14.6. The highest BCUT2D eigenvalue weighted by Gasteiger charge is 2.19. The Labute approximate surface area is 163 Å². The lowest BCUT2D eigenvalue weighted by molar-refractivity contribution is 0.0822. The maximum atomic E-state index is 12.4. The molecule has 3 aromatic rings. The molecule has 1 aromatic heterocycles. The molecule has 6 heteroatoms. The number of carbonyl (C=O) groups is 1. The van der Waals surface area contributed by atoms with Crippen LogP contribution in [0.2, 0.25) is 0 Å². The Morgan fingerprint density at radius 1 is 1.25 bits per heavy atom. The lowest BCUT2D eigenvalue weighted by Gasteiger charge is -2.30. The minimum Gasteiger partial charge on any atom is -0.497 e. The fraction of sp³-hybridized carbons (Fsp3) is 0.318. The SMILES string of the molecule is COc1ccc2oc(C(=O)NC[C@H](O)CN3CCc4ccccc4C3)cc2c1. The molecule has 0 spiro atoms. The van der Waals surface area contributed by atoms with Crippen LogP contribution in [-0.2, 0) is 13.0 Å². The van der Waals surface area contributed by atoms with Crippen molar-refractivity contribution < 1.29 is 19.1 Å². The van der Waals surface area contributed by atoms with Gasteiger partial charge in [0.2, 0.25) is 0 Å². The van der Waals surface area contributed by atoms with Crippen LogP contribution in [0.5, 0.6) is 5.75 Å². The van der Waals surface area contributed by atoms with Crippen molar-refractivity contribution in [2.75, 3.05) is 26.7 Å². The van der Waals surface area contributed by atoms with E-state index in [0.29, 0.717) is 17.9 Å². The first-order valence-corrected chi connectivity index (χ1v) is 9.45. The van der Waals surface area contributed by atoms with Crippen molar-refractivity contribution in [2.45, 2.75) is 19.1 Å². The lowest BCUT2D eigenvalue weighted by Crippen LogP contribution is -2.41. The number of rotatable bonds is 6. The number of fused-ring (bicyclic) bond motifs is 2. The number of aliphatic hydroxyl groups excluding tert-OH is 1. The van der Waals surface area contributed by atoms with Crippen molar-refractivity contribution in [3.05, 3.63) is 65.4 Å². The van der Waals surface area contributed by atoms with E-state index in [0.717, 1.165) is 24.9 Å². The number of hydrogen-bond acceptors (Lipinski definition) is 5. The third kappa shape index (κ3) is 4.03. The smallest absolute Gasteiger partial charge is 0.287 e. The van der Waals surface area contributed by atoms with Gasteiger partial charge < -0.3 is 19.6 Å². The Hall–Kier alpha value is -2.83. The molecule has 0 bridgehead atoms. The largest absolute Gasteiger partial charge is 0.497 e. The number of aliphatic hydroxyl groups is 1. The Kier molecular flexibility index (Phi) is 5.32. The third-order valence-electron chi connectivity index (χ3n) is 5.12. The molecule has 0 unspecified atom stereocenters. The van der Waals surface area contributed by atoms with Crippen LogP contribution < -0.4 is 10.1 Å². The zero-order valence-electron chi connectivity index (χ0n) is 15.9. The summed E-state index contributed by atoms with van der Waals surface area (Å²) in [5.74, 6) is 0.597. The van der Waals surface area contributed by atoms with E-state index in [1.165, 1.54) is 11.1 Å². The summed E-state index contributed by atoms with van der Waals surface area (Å²) >= 11 is 0. The lowest BCUT2D eigenvalue weighted by atomic mass is 10.00. The highest BCUT2D eigenvalue weighted by atomic mass is 16.5. The van der Waals surface area contributed by atoms with E-state index >= 15 is 0 Å². The summed E-state index contributed by atoms with van der Waals surface area (Å²) in [6.45, 7) is 2.43. The van der Waals surface area contributed by atoms with Gasteiger partial charge >= 0.3 is 0 Å². The topological polar surface area (TPSA) is 74.9 Å². The number of nitrogens with zero attached hydrogens (tertiary/aromatic N) is 1. The molecule has 146 valence electrons. The van der Waals surface area contributed by atoms with Gasteiger partial charge in [0.1, 0.15) is 11.3 Å². The molecule has 4 rings (SSSR count). The number of amides is 1. The Morgan fingerprint density at radius 3 is 2.89 bits per heavy atom. The first kappa shape index (κ1) is 18.5. The van der Waals surface area contributed by atoms with Gasteiger partial charge in [-0.25, -0.2) is 0 Å². The van der Waals surface area contributed by atoms with Crippen LogP contribution in [0.25, 0.3) is 11.0 Å². The average Bonchev–Trinajstić information content (AvgIpc) is 3.15. The molecule has 2 heterocycles. The molecule has 1 aliphatic rings. The van der Waals surface area contributed by atoms with Crippen molar-refractivity contribution >= 4 is 16.9 Å². The van der Waals surface area contributed by atoms with Crippen LogP contribution in [0, 0.1) is 0 Å². The predicted octanol–water partition coefficient (Wildman–Crippen LogP) is 2.59. The summed E-state index contributed by atoms with van der Waals surface area (Å²) in [5, 5.41) is 13.9. The summed E-state index contributed by atoms with van der Waals surface area (Å²) in [6.07, 6.45) is 0.344. The number of ether oxygens (including phenoxy) is 1. The van der Waals surface area contributed by atoms with Crippen molar-refractivity contribution in [3.63, 3.8) is 0 Å². The molecule has 0 saturated carbocycles. The number of nitrogens with one attached hydrogen (secondary N) is 1. The standard InChI is InChI=1S/C22H24N2O4/c1-27-19-6-7-20-17(10-19)11-21(28-20)22(26)23-12-18(25)14-24-9-8-15-4-2-3-5-16(15)13-24/h2-7,10-11,18,25H,8-9,12-14H2,1H3,(H,23,26)/t18-/m0/s1. The second-order valence-electron chi connectivity index (χ2n) is 7.13. The molecule has 6 nitrogen and oxygen atoms in total. The number of benzene rings is 2. The molecule has 1 atom stereocenters. The Balaban J connectivity index is 1.31. The third-order valence-corrected chi connectivity index (χ3v) is 5.12. The normalized spacial score (nSPS) is 15.2. The van der Waals surface area contributed by atoms with Gasteiger partial charge in [-0.1, -0.05) is 24.3 Å². The van der Waals surface area contributed by atoms with Gasteiger partial charge in [-0.05, 0) is 41.8 Å². The minimum atomic E-state index is -0.640. The van der Waals surface area contributed by atoms with E-state index < -0.39 is 6.10 Å². The quantitative estimate of drug-likeness (QED) is 0.688. The first-order chi connectivity index (χ1) is 13.6. The van der Waals surface area contributed by atoms with Crippen molar-refractivity contribution in [2.24, 2.45) is 0 Å². The Bertz CT molecular complexity index is 982. The highest BCUT2D eigenvalue weighted by molar-refractivity contribution is 5.96. The minimum absolute atomic E-state index is 0.178.